The van der Waals surface area contributed by atoms with Crippen molar-refractivity contribution < 1.29 is 14.0 Å². The van der Waals surface area contributed by atoms with E-state index < -0.39 is 5.91 Å². The van der Waals surface area contributed by atoms with Gasteiger partial charge in [-0.05, 0) is 30.3 Å². The standard InChI is InChI=1S/C14H14ClN3O3/c15-10-4-3-9(17-13(19)5-6-16)8-11(10)18-14(20)12-2-1-7-21-12/h1-4,7-8H,5-6,16H2,(H,17,19)(H,18,20). The quantitative estimate of drug-likeness (QED) is 0.790. The summed E-state index contributed by atoms with van der Waals surface area (Å²) in [5.41, 5.74) is 6.21. The molecule has 2 amide bonds. The Labute approximate surface area is 126 Å². The second-order valence-corrected chi connectivity index (χ2v) is 4.62. The predicted octanol–water partition coefficient (Wildman–Crippen LogP) is 2.47. The van der Waals surface area contributed by atoms with Gasteiger partial charge in [-0.15, -0.1) is 0 Å². The van der Waals surface area contributed by atoms with E-state index in [2.05, 4.69) is 10.6 Å². The number of furan rings is 1. The maximum atomic E-state index is 11.9. The van der Waals surface area contributed by atoms with Crippen molar-refractivity contribution in [1.82, 2.24) is 0 Å². The summed E-state index contributed by atoms with van der Waals surface area (Å²) in [6, 6.07) is 7.93. The Morgan fingerprint density at radius 1 is 1.24 bits per heavy atom. The molecule has 1 heterocycles. The normalized spacial score (nSPS) is 10.2. The van der Waals surface area contributed by atoms with Crippen molar-refractivity contribution in [3.05, 3.63) is 47.4 Å². The van der Waals surface area contributed by atoms with Crippen LogP contribution in [0.1, 0.15) is 17.0 Å². The van der Waals surface area contributed by atoms with Gasteiger partial charge in [0.25, 0.3) is 5.91 Å². The number of halogens is 1. The molecule has 0 radical (unpaired) electrons. The van der Waals surface area contributed by atoms with Crippen molar-refractivity contribution in [2.75, 3.05) is 17.2 Å². The van der Waals surface area contributed by atoms with E-state index in [-0.39, 0.29) is 24.6 Å². The van der Waals surface area contributed by atoms with Crippen molar-refractivity contribution in [1.29, 1.82) is 0 Å². The van der Waals surface area contributed by atoms with Crippen LogP contribution < -0.4 is 16.4 Å². The smallest absolute Gasteiger partial charge is 0.291 e. The molecular formula is C14H14ClN3O3. The fourth-order valence-electron chi connectivity index (χ4n) is 1.65. The third-order valence-electron chi connectivity index (χ3n) is 2.61. The molecule has 0 saturated heterocycles. The molecule has 2 aromatic rings. The van der Waals surface area contributed by atoms with Gasteiger partial charge >= 0.3 is 0 Å². The van der Waals surface area contributed by atoms with Gasteiger partial charge < -0.3 is 20.8 Å². The van der Waals surface area contributed by atoms with Crippen LogP contribution in [-0.4, -0.2) is 18.4 Å². The van der Waals surface area contributed by atoms with Gasteiger partial charge in [0.2, 0.25) is 5.91 Å². The van der Waals surface area contributed by atoms with E-state index in [1.807, 2.05) is 0 Å². The molecule has 0 saturated carbocycles. The number of carbonyl (C=O) groups is 2. The van der Waals surface area contributed by atoms with Crippen LogP contribution in [0.25, 0.3) is 0 Å². The molecule has 0 bridgehead atoms. The highest BCUT2D eigenvalue weighted by atomic mass is 35.5. The van der Waals surface area contributed by atoms with Crippen LogP contribution in [-0.2, 0) is 4.79 Å². The van der Waals surface area contributed by atoms with Gasteiger partial charge in [-0.25, -0.2) is 0 Å². The van der Waals surface area contributed by atoms with Crippen LogP contribution in [0.4, 0.5) is 11.4 Å². The summed E-state index contributed by atoms with van der Waals surface area (Å²) in [5, 5.41) is 5.64. The van der Waals surface area contributed by atoms with Crippen molar-refractivity contribution in [2.24, 2.45) is 5.73 Å². The Bertz CT molecular complexity index is 641. The first-order chi connectivity index (χ1) is 10.1. The summed E-state index contributed by atoms with van der Waals surface area (Å²) >= 11 is 6.02. The second-order valence-electron chi connectivity index (χ2n) is 4.21. The Hall–Kier alpha value is -2.31. The lowest BCUT2D eigenvalue weighted by Gasteiger charge is -2.09. The molecule has 0 fully saturated rings. The molecule has 0 atom stereocenters. The summed E-state index contributed by atoms with van der Waals surface area (Å²) in [4.78, 5) is 23.4. The lowest BCUT2D eigenvalue weighted by atomic mass is 10.2. The van der Waals surface area contributed by atoms with Gasteiger partial charge in [0, 0.05) is 18.7 Å². The Kier molecular flexibility index (Phi) is 4.97. The molecule has 2 rings (SSSR count). The minimum Gasteiger partial charge on any atom is -0.459 e. The van der Waals surface area contributed by atoms with Gasteiger partial charge in [0.1, 0.15) is 0 Å². The van der Waals surface area contributed by atoms with Crippen LogP contribution in [0.3, 0.4) is 0 Å². The third kappa shape index (κ3) is 4.08. The molecule has 0 aliphatic rings. The van der Waals surface area contributed by atoms with Crippen molar-refractivity contribution in [2.45, 2.75) is 6.42 Å². The molecule has 6 nitrogen and oxygen atoms in total. The SMILES string of the molecule is NCCC(=O)Nc1ccc(Cl)c(NC(=O)c2ccco2)c1. The van der Waals surface area contributed by atoms with Gasteiger partial charge in [-0.3, -0.25) is 9.59 Å². The number of hydrogen-bond donors (Lipinski definition) is 3. The molecule has 4 N–H and O–H groups in total. The van der Waals surface area contributed by atoms with E-state index >= 15 is 0 Å². The topological polar surface area (TPSA) is 97.4 Å². The van der Waals surface area contributed by atoms with Gasteiger partial charge in [-0.1, -0.05) is 11.6 Å². The maximum Gasteiger partial charge on any atom is 0.291 e. The van der Waals surface area contributed by atoms with E-state index in [0.717, 1.165) is 0 Å². The van der Waals surface area contributed by atoms with E-state index in [9.17, 15) is 9.59 Å². The number of rotatable bonds is 5. The molecule has 1 aromatic heterocycles. The molecule has 7 heteroatoms. The lowest BCUT2D eigenvalue weighted by molar-refractivity contribution is -0.116. The molecule has 110 valence electrons. The number of anilines is 2. The second kappa shape index (κ2) is 6.92. The minimum atomic E-state index is -0.424. The molecule has 1 aromatic carbocycles. The Morgan fingerprint density at radius 2 is 2.05 bits per heavy atom. The van der Waals surface area contributed by atoms with Crippen LogP contribution >= 0.6 is 11.6 Å². The highest BCUT2D eigenvalue weighted by Gasteiger charge is 2.12. The van der Waals surface area contributed by atoms with Crippen molar-refractivity contribution in [3.63, 3.8) is 0 Å². The van der Waals surface area contributed by atoms with Gasteiger partial charge in [-0.2, -0.15) is 0 Å². The number of benzene rings is 1. The first-order valence-electron chi connectivity index (χ1n) is 6.24. The lowest BCUT2D eigenvalue weighted by Crippen LogP contribution is -2.16. The van der Waals surface area contributed by atoms with E-state index in [1.54, 1.807) is 24.3 Å². The molecule has 0 aliphatic carbocycles. The van der Waals surface area contributed by atoms with E-state index in [0.29, 0.717) is 16.4 Å². The van der Waals surface area contributed by atoms with Gasteiger partial charge in [0.15, 0.2) is 5.76 Å². The summed E-state index contributed by atoms with van der Waals surface area (Å²) in [7, 11) is 0. The van der Waals surface area contributed by atoms with Crippen LogP contribution in [0.5, 0.6) is 0 Å². The summed E-state index contributed by atoms with van der Waals surface area (Å²) < 4.78 is 5.00. The predicted molar refractivity (Wildman–Crippen MR) is 80.4 cm³/mol. The van der Waals surface area contributed by atoms with Crippen LogP contribution in [0, 0.1) is 0 Å². The zero-order chi connectivity index (χ0) is 15.2. The maximum absolute atomic E-state index is 11.9. The largest absolute Gasteiger partial charge is 0.459 e. The zero-order valence-corrected chi connectivity index (χ0v) is 11.8. The van der Waals surface area contributed by atoms with Crippen molar-refractivity contribution >= 4 is 34.8 Å². The molecular weight excluding hydrogens is 294 g/mol. The fraction of sp³-hybridized carbons (Fsp3) is 0.143. The monoisotopic (exact) mass is 307 g/mol. The minimum absolute atomic E-state index is 0.170. The number of amides is 2. The summed E-state index contributed by atoms with van der Waals surface area (Å²) in [6.45, 7) is 0.265. The number of nitrogens with one attached hydrogen (secondary N) is 2. The van der Waals surface area contributed by atoms with E-state index in [1.165, 1.54) is 12.3 Å². The molecule has 0 unspecified atom stereocenters. The molecule has 0 aliphatic heterocycles. The summed E-state index contributed by atoms with van der Waals surface area (Å²) in [5.74, 6) is -0.459. The van der Waals surface area contributed by atoms with Crippen LogP contribution in [0.15, 0.2) is 41.0 Å². The fourth-order valence-corrected chi connectivity index (χ4v) is 1.81. The molecule has 0 spiro atoms. The highest BCUT2D eigenvalue weighted by molar-refractivity contribution is 6.34. The van der Waals surface area contributed by atoms with Crippen molar-refractivity contribution in [3.8, 4) is 0 Å². The van der Waals surface area contributed by atoms with Gasteiger partial charge in [0.05, 0.1) is 17.0 Å². The Balaban J connectivity index is 2.12. The number of hydrogen-bond acceptors (Lipinski definition) is 4. The third-order valence-corrected chi connectivity index (χ3v) is 2.94. The average Bonchev–Trinajstić information content (AvgIpc) is 2.97. The average molecular weight is 308 g/mol. The zero-order valence-electron chi connectivity index (χ0n) is 11.1. The van der Waals surface area contributed by atoms with E-state index in [4.69, 9.17) is 21.8 Å². The number of nitrogens with two attached hydrogens (primary N) is 1. The molecule has 21 heavy (non-hydrogen) atoms. The number of carbonyl (C=O) groups excluding carboxylic acids is 2. The first-order valence-corrected chi connectivity index (χ1v) is 6.62. The van der Waals surface area contributed by atoms with Crippen LogP contribution in [0.2, 0.25) is 5.02 Å². The Morgan fingerprint density at radius 3 is 2.71 bits per heavy atom. The highest BCUT2D eigenvalue weighted by Crippen LogP contribution is 2.26. The first kappa shape index (κ1) is 15.1. The summed E-state index contributed by atoms with van der Waals surface area (Å²) in [6.07, 6.45) is 1.62.